The van der Waals surface area contributed by atoms with E-state index in [1.807, 2.05) is 38.1 Å². The quantitative estimate of drug-likeness (QED) is 0.346. The molecule has 5 nitrogen and oxygen atoms in total. The zero-order valence-corrected chi connectivity index (χ0v) is 16.0. The maximum Gasteiger partial charge on any atom is 0.343 e. The minimum atomic E-state index is -0.481. The van der Waals surface area contributed by atoms with Crippen LogP contribution in [-0.4, -0.2) is 5.97 Å². The summed E-state index contributed by atoms with van der Waals surface area (Å²) in [5.74, 6) is 0.445. The molecule has 0 spiro atoms. The van der Waals surface area contributed by atoms with Gasteiger partial charge in [0.15, 0.2) is 0 Å². The van der Waals surface area contributed by atoms with Crippen LogP contribution in [0.5, 0.6) is 17.2 Å². The molecule has 5 heteroatoms. The second-order valence-corrected chi connectivity index (χ2v) is 6.76. The van der Waals surface area contributed by atoms with Gasteiger partial charge in [0.25, 0.3) is 0 Å². The summed E-state index contributed by atoms with van der Waals surface area (Å²) in [6.45, 7) is 3.91. The molecule has 0 saturated carbocycles. The number of carbonyl (C=O) groups excluding carboxylic acids is 1. The first-order chi connectivity index (χ1) is 14.0. The average Bonchev–Trinajstić information content (AvgIpc) is 2.72. The highest BCUT2D eigenvalue weighted by molar-refractivity contribution is 5.91. The molecule has 0 N–H and O–H groups in total. The van der Waals surface area contributed by atoms with Crippen molar-refractivity contribution in [3.05, 3.63) is 99.9 Å². The van der Waals surface area contributed by atoms with Crippen LogP contribution in [0.4, 0.5) is 0 Å². The fraction of sp³-hybridized carbons (Fsp3) is 0.0833. The van der Waals surface area contributed by atoms with Crippen LogP contribution in [0.3, 0.4) is 0 Å². The van der Waals surface area contributed by atoms with Gasteiger partial charge in [-0.05, 0) is 50.2 Å². The van der Waals surface area contributed by atoms with Crippen LogP contribution < -0.4 is 14.9 Å². The lowest BCUT2D eigenvalue weighted by molar-refractivity contribution is 0.0735. The second kappa shape index (κ2) is 7.64. The van der Waals surface area contributed by atoms with Gasteiger partial charge in [0.05, 0.1) is 10.9 Å². The normalized spacial score (nSPS) is 10.7. The summed E-state index contributed by atoms with van der Waals surface area (Å²) in [7, 11) is 0. The summed E-state index contributed by atoms with van der Waals surface area (Å²) >= 11 is 0. The molecule has 0 aliphatic heterocycles. The monoisotopic (exact) mass is 386 g/mol. The molecule has 0 saturated heterocycles. The van der Waals surface area contributed by atoms with Crippen molar-refractivity contribution in [2.24, 2.45) is 0 Å². The van der Waals surface area contributed by atoms with E-state index in [0.29, 0.717) is 28.0 Å². The third-order valence-electron chi connectivity index (χ3n) is 4.46. The number of fused-ring (bicyclic) bond motifs is 1. The molecule has 4 aromatic rings. The highest BCUT2D eigenvalue weighted by Gasteiger charge is 2.13. The molecule has 0 atom stereocenters. The minimum Gasteiger partial charge on any atom is -0.460 e. The Hall–Kier alpha value is -3.86. The fourth-order valence-corrected chi connectivity index (χ4v) is 2.81. The molecule has 4 rings (SSSR count). The van der Waals surface area contributed by atoms with Crippen LogP contribution in [0, 0.1) is 13.8 Å². The predicted molar refractivity (Wildman–Crippen MR) is 110 cm³/mol. The topological polar surface area (TPSA) is 65.7 Å². The lowest BCUT2D eigenvalue weighted by atomic mass is 10.1. The molecule has 1 heterocycles. The van der Waals surface area contributed by atoms with E-state index in [4.69, 9.17) is 13.9 Å². The number of carbonyl (C=O) groups is 1. The van der Waals surface area contributed by atoms with Crippen molar-refractivity contribution in [3.63, 3.8) is 0 Å². The third-order valence-corrected chi connectivity index (χ3v) is 4.46. The predicted octanol–water partition coefficient (Wildman–Crippen LogP) is 5.42. The first-order valence-corrected chi connectivity index (χ1v) is 9.08. The van der Waals surface area contributed by atoms with E-state index >= 15 is 0 Å². The summed E-state index contributed by atoms with van der Waals surface area (Å²) in [6, 6.07) is 19.1. The van der Waals surface area contributed by atoms with Gasteiger partial charge in [0.2, 0.25) is 11.2 Å². The number of hydrogen-bond acceptors (Lipinski definition) is 5. The maximum absolute atomic E-state index is 12.7. The van der Waals surface area contributed by atoms with Crippen molar-refractivity contribution in [2.75, 3.05) is 0 Å². The zero-order valence-electron chi connectivity index (χ0n) is 16.0. The van der Waals surface area contributed by atoms with E-state index in [1.54, 1.807) is 36.4 Å². The van der Waals surface area contributed by atoms with E-state index in [2.05, 4.69) is 0 Å². The van der Waals surface area contributed by atoms with E-state index < -0.39 is 5.97 Å². The second-order valence-electron chi connectivity index (χ2n) is 6.76. The number of aryl methyl sites for hydroxylation is 2. The van der Waals surface area contributed by atoms with Gasteiger partial charge in [-0.2, -0.15) is 0 Å². The largest absolute Gasteiger partial charge is 0.460 e. The first kappa shape index (κ1) is 18.5. The summed E-state index contributed by atoms with van der Waals surface area (Å²) in [5.41, 5.74) is 2.59. The van der Waals surface area contributed by atoms with E-state index in [0.717, 1.165) is 11.1 Å². The van der Waals surface area contributed by atoms with Crippen molar-refractivity contribution in [1.82, 2.24) is 0 Å². The number of ether oxygens (including phenoxy) is 2. The van der Waals surface area contributed by atoms with Gasteiger partial charge < -0.3 is 13.9 Å². The Morgan fingerprint density at radius 2 is 1.45 bits per heavy atom. The number of esters is 1. The molecule has 0 bridgehead atoms. The molecular weight excluding hydrogens is 368 g/mol. The molecule has 144 valence electrons. The molecule has 0 aliphatic rings. The standard InChI is InChI=1S/C24H18O5/c1-15-3-7-17(8-4-15)24(26)29-19-11-12-20-21(13-19)27-14-22(23(20)25)28-18-9-5-16(2)6-10-18/h3-14H,1-2H3. The Bertz CT molecular complexity index is 1240. The fourth-order valence-electron chi connectivity index (χ4n) is 2.81. The molecule has 0 unspecified atom stereocenters. The van der Waals surface area contributed by atoms with Crippen LogP contribution in [0.2, 0.25) is 0 Å². The van der Waals surface area contributed by atoms with Crippen LogP contribution in [0.1, 0.15) is 21.5 Å². The van der Waals surface area contributed by atoms with Crippen molar-refractivity contribution < 1.29 is 18.7 Å². The van der Waals surface area contributed by atoms with E-state index in [-0.39, 0.29) is 11.2 Å². The van der Waals surface area contributed by atoms with Gasteiger partial charge in [-0.3, -0.25) is 4.79 Å². The van der Waals surface area contributed by atoms with Crippen molar-refractivity contribution in [2.45, 2.75) is 13.8 Å². The summed E-state index contributed by atoms with van der Waals surface area (Å²) in [5, 5.41) is 0.338. The Morgan fingerprint density at radius 3 is 2.14 bits per heavy atom. The average molecular weight is 386 g/mol. The molecule has 1 aromatic heterocycles. The first-order valence-electron chi connectivity index (χ1n) is 9.08. The van der Waals surface area contributed by atoms with E-state index in [1.165, 1.54) is 12.3 Å². The van der Waals surface area contributed by atoms with Crippen LogP contribution >= 0.6 is 0 Å². The summed E-state index contributed by atoms with van der Waals surface area (Å²) in [4.78, 5) is 25.0. The van der Waals surface area contributed by atoms with Gasteiger partial charge >= 0.3 is 5.97 Å². The Labute approximate surface area is 167 Å². The lowest BCUT2D eigenvalue weighted by Crippen LogP contribution is -2.09. The molecule has 0 radical (unpaired) electrons. The van der Waals surface area contributed by atoms with Crippen LogP contribution in [-0.2, 0) is 0 Å². The number of hydrogen-bond donors (Lipinski definition) is 0. The van der Waals surface area contributed by atoms with Gasteiger partial charge in [-0.1, -0.05) is 35.4 Å². The number of rotatable bonds is 4. The van der Waals surface area contributed by atoms with Gasteiger partial charge in [-0.15, -0.1) is 0 Å². The van der Waals surface area contributed by atoms with Gasteiger partial charge in [0.1, 0.15) is 23.3 Å². The van der Waals surface area contributed by atoms with Crippen LogP contribution in [0.25, 0.3) is 11.0 Å². The number of benzene rings is 3. The molecule has 3 aromatic carbocycles. The summed E-state index contributed by atoms with van der Waals surface area (Å²) < 4.78 is 16.6. The Balaban J connectivity index is 1.58. The Kier molecular flexibility index (Phi) is 4.87. The highest BCUT2D eigenvalue weighted by Crippen LogP contribution is 2.24. The lowest BCUT2D eigenvalue weighted by Gasteiger charge is -2.08. The molecule has 0 aliphatic carbocycles. The maximum atomic E-state index is 12.7. The highest BCUT2D eigenvalue weighted by atomic mass is 16.5. The minimum absolute atomic E-state index is 0.0887. The molecule has 29 heavy (non-hydrogen) atoms. The molecule has 0 amide bonds. The summed E-state index contributed by atoms with van der Waals surface area (Å²) in [6.07, 6.45) is 1.26. The van der Waals surface area contributed by atoms with Gasteiger partial charge in [-0.25, -0.2) is 4.79 Å². The van der Waals surface area contributed by atoms with Crippen molar-refractivity contribution in [1.29, 1.82) is 0 Å². The SMILES string of the molecule is Cc1ccc(Oc2coc3cc(OC(=O)c4ccc(C)cc4)ccc3c2=O)cc1. The van der Waals surface area contributed by atoms with Crippen molar-refractivity contribution in [3.8, 4) is 17.2 Å². The van der Waals surface area contributed by atoms with E-state index in [9.17, 15) is 9.59 Å². The zero-order chi connectivity index (χ0) is 20.4. The van der Waals surface area contributed by atoms with Gasteiger partial charge in [0, 0.05) is 6.07 Å². The smallest absolute Gasteiger partial charge is 0.343 e. The molecule has 0 fully saturated rings. The third kappa shape index (κ3) is 4.04. The van der Waals surface area contributed by atoms with Crippen LogP contribution in [0.15, 0.2) is 82.2 Å². The Morgan fingerprint density at radius 1 is 0.828 bits per heavy atom. The van der Waals surface area contributed by atoms with Crippen molar-refractivity contribution >= 4 is 16.9 Å². The molecular formula is C24H18O5.